The number of aromatic nitrogens is 3. The highest BCUT2D eigenvalue weighted by Crippen LogP contribution is 2.22. The highest BCUT2D eigenvalue weighted by atomic mass is 16.4. The molecule has 15 heavy (non-hydrogen) atoms. The molecule has 1 heterocycles. The van der Waals surface area contributed by atoms with E-state index in [1.165, 1.54) is 0 Å². The molecule has 0 aliphatic heterocycles. The summed E-state index contributed by atoms with van der Waals surface area (Å²) in [5.41, 5.74) is 0. The van der Waals surface area contributed by atoms with E-state index in [4.69, 9.17) is 5.11 Å². The van der Waals surface area contributed by atoms with Crippen molar-refractivity contribution in [2.24, 2.45) is 5.92 Å². The van der Waals surface area contributed by atoms with E-state index >= 15 is 0 Å². The number of carboxylic acid groups (broad SMARTS) is 1. The molecule has 0 amide bonds. The first-order valence-corrected chi connectivity index (χ1v) is 5.08. The molecule has 2 N–H and O–H groups in total. The van der Waals surface area contributed by atoms with Crippen LogP contribution in [-0.2, 0) is 4.79 Å². The molecule has 0 saturated carbocycles. The van der Waals surface area contributed by atoms with Crippen molar-refractivity contribution in [3.05, 3.63) is 11.6 Å². The first-order chi connectivity index (χ1) is 6.93. The molecule has 1 aromatic rings. The zero-order valence-corrected chi connectivity index (χ0v) is 9.48. The average Bonchev–Trinajstić information content (AvgIpc) is 2.64. The van der Waals surface area contributed by atoms with E-state index in [2.05, 4.69) is 15.2 Å². The van der Waals surface area contributed by atoms with Crippen molar-refractivity contribution in [1.29, 1.82) is 0 Å². The van der Waals surface area contributed by atoms with Crippen LogP contribution in [0.15, 0.2) is 0 Å². The quantitative estimate of drug-likeness (QED) is 0.795. The number of nitrogens with zero attached hydrogens (tertiary/aromatic N) is 2. The van der Waals surface area contributed by atoms with Gasteiger partial charge in [0.25, 0.3) is 0 Å². The van der Waals surface area contributed by atoms with E-state index < -0.39 is 11.9 Å². The fraction of sp³-hybridized carbons (Fsp3) is 0.700. The number of H-pyrrole nitrogens is 1. The van der Waals surface area contributed by atoms with Crippen LogP contribution in [0.1, 0.15) is 51.2 Å². The molecule has 0 aliphatic rings. The summed E-state index contributed by atoms with van der Waals surface area (Å²) in [5.74, 6) is 0.204. The van der Waals surface area contributed by atoms with E-state index in [1.54, 1.807) is 6.92 Å². The molecule has 84 valence electrons. The third-order valence-electron chi connectivity index (χ3n) is 2.61. The fourth-order valence-corrected chi connectivity index (χ4v) is 1.20. The summed E-state index contributed by atoms with van der Waals surface area (Å²) in [6, 6.07) is 0. The summed E-state index contributed by atoms with van der Waals surface area (Å²) in [4.78, 5) is 15.1. The molecule has 1 rings (SSSR count). The molecule has 2 unspecified atom stereocenters. The fourth-order valence-electron chi connectivity index (χ4n) is 1.20. The molecule has 0 fully saturated rings. The second-order valence-corrected chi connectivity index (χ2v) is 4.15. The van der Waals surface area contributed by atoms with Gasteiger partial charge in [0.15, 0.2) is 5.82 Å². The van der Waals surface area contributed by atoms with E-state index in [1.807, 2.05) is 20.8 Å². The lowest BCUT2D eigenvalue weighted by Crippen LogP contribution is -2.17. The minimum atomic E-state index is -0.815. The summed E-state index contributed by atoms with van der Waals surface area (Å²) in [5, 5.41) is 15.7. The molecular formula is C10H17N3O2. The Labute approximate surface area is 88.9 Å². The Kier molecular flexibility index (Phi) is 3.44. The van der Waals surface area contributed by atoms with Crippen molar-refractivity contribution in [3.63, 3.8) is 0 Å². The van der Waals surface area contributed by atoms with Crippen molar-refractivity contribution in [2.75, 3.05) is 0 Å². The number of aliphatic carboxylic acids is 1. The lowest BCUT2D eigenvalue weighted by molar-refractivity contribution is -0.141. The van der Waals surface area contributed by atoms with Crippen LogP contribution in [0.4, 0.5) is 0 Å². The number of hydrogen-bond donors (Lipinski definition) is 2. The van der Waals surface area contributed by atoms with Crippen molar-refractivity contribution in [1.82, 2.24) is 15.2 Å². The summed E-state index contributed by atoms with van der Waals surface area (Å²) in [7, 11) is 0. The molecule has 1 aromatic heterocycles. The van der Waals surface area contributed by atoms with Crippen LogP contribution in [0.5, 0.6) is 0 Å². The van der Waals surface area contributed by atoms with Gasteiger partial charge in [0.1, 0.15) is 5.82 Å². The topological polar surface area (TPSA) is 78.9 Å². The Bertz CT molecular complexity index is 346. The number of hydrogen-bond acceptors (Lipinski definition) is 3. The van der Waals surface area contributed by atoms with Gasteiger partial charge in [0.05, 0.1) is 5.92 Å². The summed E-state index contributed by atoms with van der Waals surface area (Å²) >= 11 is 0. The second-order valence-electron chi connectivity index (χ2n) is 4.15. The van der Waals surface area contributed by atoms with Gasteiger partial charge in [0, 0.05) is 11.8 Å². The highest BCUT2D eigenvalue weighted by molar-refractivity contribution is 5.70. The van der Waals surface area contributed by atoms with E-state index in [0.717, 1.165) is 5.82 Å². The van der Waals surface area contributed by atoms with Crippen LogP contribution in [-0.4, -0.2) is 26.3 Å². The van der Waals surface area contributed by atoms with Gasteiger partial charge in [-0.25, -0.2) is 4.98 Å². The average molecular weight is 211 g/mol. The Balaban J connectivity index is 2.82. The maximum absolute atomic E-state index is 10.8. The summed E-state index contributed by atoms with van der Waals surface area (Å²) < 4.78 is 0. The van der Waals surface area contributed by atoms with Crippen LogP contribution < -0.4 is 0 Å². The molecule has 0 bridgehead atoms. The third kappa shape index (κ3) is 2.55. The minimum absolute atomic E-state index is 0.150. The predicted molar refractivity (Wildman–Crippen MR) is 55.7 cm³/mol. The lowest BCUT2D eigenvalue weighted by atomic mass is 9.96. The number of carbonyl (C=O) groups is 1. The number of carboxylic acids is 1. The van der Waals surface area contributed by atoms with Gasteiger partial charge >= 0.3 is 5.97 Å². The Hall–Kier alpha value is -1.39. The van der Waals surface area contributed by atoms with Gasteiger partial charge in [-0.3, -0.25) is 9.89 Å². The van der Waals surface area contributed by atoms with Crippen molar-refractivity contribution in [2.45, 2.75) is 39.5 Å². The molecule has 0 spiro atoms. The van der Waals surface area contributed by atoms with Gasteiger partial charge in [-0.2, -0.15) is 5.10 Å². The number of aromatic amines is 1. The Morgan fingerprint density at radius 3 is 2.33 bits per heavy atom. The molecule has 5 heteroatoms. The normalized spacial score (nSPS) is 15.3. The van der Waals surface area contributed by atoms with Gasteiger partial charge in [-0.1, -0.05) is 27.7 Å². The van der Waals surface area contributed by atoms with Crippen LogP contribution in [0.2, 0.25) is 0 Å². The standard InChI is InChI=1S/C10H17N3O2/c1-5(2)8-11-9(13-12-8)6(3)7(4)10(14)15/h5-7H,1-4H3,(H,14,15)(H,11,12,13). The first-order valence-electron chi connectivity index (χ1n) is 5.08. The van der Waals surface area contributed by atoms with Gasteiger partial charge < -0.3 is 5.11 Å². The van der Waals surface area contributed by atoms with Gasteiger partial charge in [0.2, 0.25) is 0 Å². The Morgan fingerprint density at radius 2 is 1.93 bits per heavy atom. The second kappa shape index (κ2) is 4.42. The zero-order chi connectivity index (χ0) is 11.6. The lowest BCUT2D eigenvalue weighted by Gasteiger charge is -2.12. The molecule has 0 aromatic carbocycles. The van der Waals surface area contributed by atoms with Crippen molar-refractivity contribution in [3.8, 4) is 0 Å². The molecule has 0 saturated heterocycles. The molecule has 5 nitrogen and oxygen atoms in total. The van der Waals surface area contributed by atoms with Crippen LogP contribution in [0.25, 0.3) is 0 Å². The summed E-state index contributed by atoms with van der Waals surface area (Å²) in [6.07, 6.45) is 0. The Morgan fingerprint density at radius 1 is 1.33 bits per heavy atom. The van der Waals surface area contributed by atoms with Gasteiger partial charge in [-0.15, -0.1) is 0 Å². The van der Waals surface area contributed by atoms with E-state index in [-0.39, 0.29) is 11.8 Å². The SMILES string of the molecule is CC(C)c1n[nH]c(C(C)C(C)C(=O)O)n1. The monoisotopic (exact) mass is 211 g/mol. The highest BCUT2D eigenvalue weighted by Gasteiger charge is 2.24. The van der Waals surface area contributed by atoms with E-state index in [0.29, 0.717) is 5.82 Å². The smallest absolute Gasteiger partial charge is 0.306 e. The van der Waals surface area contributed by atoms with Crippen LogP contribution in [0.3, 0.4) is 0 Å². The maximum atomic E-state index is 10.8. The predicted octanol–water partition coefficient (Wildman–Crippen LogP) is 1.75. The largest absolute Gasteiger partial charge is 0.481 e. The first kappa shape index (κ1) is 11.7. The van der Waals surface area contributed by atoms with Crippen LogP contribution in [0, 0.1) is 5.92 Å². The van der Waals surface area contributed by atoms with Gasteiger partial charge in [-0.05, 0) is 0 Å². The maximum Gasteiger partial charge on any atom is 0.306 e. The molecular weight excluding hydrogens is 194 g/mol. The summed E-state index contributed by atoms with van der Waals surface area (Å²) in [6.45, 7) is 7.50. The minimum Gasteiger partial charge on any atom is -0.481 e. The van der Waals surface area contributed by atoms with Crippen molar-refractivity contribution >= 4 is 5.97 Å². The third-order valence-corrected chi connectivity index (χ3v) is 2.61. The molecule has 2 atom stereocenters. The van der Waals surface area contributed by atoms with Crippen LogP contribution >= 0.6 is 0 Å². The molecule has 0 aliphatic carbocycles. The zero-order valence-electron chi connectivity index (χ0n) is 9.48. The number of rotatable bonds is 4. The number of nitrogens with one attached hydrogen (secondary N) is 1. The molecule has 0 radical (unpaired) electrons. The van der Waals surface area contributed by atoms with E-state index in [9.17, 15) is 4.79 Å². The van der Waals surface area contributed by atoms with Crippen molar-refractivity contribution < 1.29 is 9.90 Å².